The molecule has 1 aliphatic rings. The second-order valence-corrected chi connectivity index (χ2v) is 6.45. The quantitative estimate of drug-likeness (QED) is 0.697. The molecule has 1 saturated heterocycles. The van der Waals surface area contributed by atoms with Gasteiger partial charge in [-0.3, -0.25) is 0 Å². The first-order chi connectivity index (χ1) is 12.6. The van der Waals surface area contributed by atoms with E-state index in [-0.39, 0.29) is 5.82 Å². The van der Waals surface area contributed by atoms with E-state index in [4.69, 9.17) is 4.74 Å². The van der Waals surface area contributed by atoms with E-state index in [0.717, 1.165) is 23.7 Å². The molecule has 1 amide bonds. The summed E-state index contributed by atoms with van der Waals surface area (Å²) in [5.41, 5.74) is 1.85. The Labute approximate surface area is 157 Å². The largest absolute Gasteiger partial charge is 0.464 e. The third-order valence-electron chi connectivity index (χ3n) is 4.13. The Morgan fingerprint density at radius 2 is 1.92 bits per heavy atom. The van der Waals surface area contributed by atoms with Gasteiger partial charge in [-0.25, -0.2) is 24.2 Å². The van der Waals surface area contributed by atoms with E-state index < -0.39 is 6.09 Å². The van der Waals surface area contributed by atoms with Gasteiger partial charge in [0.05, 0.1) is 25.1 Å². The molecule has 26 heavy (non-hydrogen) atoms. The normalized spacial score (nSPS) is 14.6. The third-order valence-corrected chi connectivity index (χ3v) is 4.67. The van der Waals surface area contributed by atoms with Crippen molar-refractivity contribution in [2.45, 2.75) is 0 Å². The Morgan fingerprint density at radius 1 is 1.19 bits per heavy atom. The fraction of sp³-hybridized carbons (Fsp3) is 0.250. The summed E-state index contributed by atoms with van der Waals surface area (Å²) >= 11 is 3.32. The minimum absolute atomic E-state index is 0.192. The molecule has 134 valence electrons. The number of ether oxygens (including phenoxy) is 1. The zero-order valence-electron chi connectivity index (χ0n) is 13.6. The Morgan fingerprint density at radius 3 is 2.62 bits per heavy atom. The van der Waals surface area contributed by atoms with E-state index in [9.17, 15) is 9.90 Å². The molecule has 1 fully saturated rings. The molecule has 0 aliphatic carbocycles. The molecule has 0 atom stereocenters. The number of fused-ring (bicyclic) bond motifs is 1. The number of amides is 1. The van der Waals surface area contributed by atoms with E-state index in [2.05, 4.69) is 35.9 Å². The van der Waals surface area contributed by atoms with Crippen molar-refractivity contribution in [3.05, 3.63) is 41.4 Å². The number of benzene rings is 1. The molecule has 3 heterocycles. The second kappa shape index (κ2) is 6.89. The molecule has 0 unspecified atom stereocenters. The standard InChI is InChI=1S/C16H15BrN6O3/c17-13-9-18-14(15-19-10-20-23(13)15)22(16(24)25)12-3-1-11(2-4-12)21-5-7-26-8-6-21/h1-4,9-10H,5-8H2,(H,24,25). The Kier molecular flexibility index (Phi) is 4.43. The van der Waals surface area contributed by atoms with E-state index in [1.165, 1.54) is 17.0 Å². The number of nitrogens with zero attached hydrogens (tertiary/aromatic N) is 6. The van der Waals surface area contributed by atoms with Crippen LogP contribution in [0.15, 0.2) is 41.4 Å². The summed E-state index contributed by atoms with van der Waals surface area (Å²) in [7, 11) is 0. The lowest BCUT2D eigenvalue weighted by Gasteiger charge is -2.29. The lowest BCUT2D eigenvalue weighted by molar-refractivity contribution is 0.122. The van der Waals surface area contributed by atoms with Crippen LogP contribution in [0, 0.1) is 0 Å². The summed E-state index contributed by atoms with van der Waals surface area (Å²) in [6.45, 7) is 3.01. The van der Waals surface area contributed by atoms with E-state index in [0.29, 0.717) is 29.2 Å². The van der Waals surface area contributed by atoms with Crippen molar-refractivity contribution in [2.75, 3.05) is 36.1 Å². The lowest BCUT2D eigenvalue weighted by Crippen LogP contribution is -2.36. The fourth-order valence-electron chi connectivity index (χ4n) is 2.89. The Hall–Kier alpha value is -2.72. The van der Waals surface area contributed by atoms with Crippen molar-refractivity contribution in [3.63, 3.8) is 0 Å². The zero-order valence-corrected chi connectivity index (χ0v) is 15.2. The summed E-state index contributed by atoms with van der Waals surface area (Å²) in [5, 5.41) is 13.8. The maximum absolute atomic E-state index is 11.9. The van der Waals surface area contributed by atoms with Gasteiger partial charge in [0.15, 0.2) is 11.5 Å². The molecule has 0 spiro atoms. The molecule has 2 aromatic heterocycles. The fourth-order valence-corrected chi connectivity index (χ4v) is 3.25. The highest BCUT2D eigenvalue weighted by atomic mass is 79.9. The third kappa shape index (κ3) is 2.97. The van der Waals surface area contributed by atoms with Crippen LogP contribution >= 0.6 is 15.9 Å². The van der Waals surface area contributed by atoms with Crippen molar-refractivity contribution < 1.29 is 14.6 Å². The first-order valence-electron chi connectivity index (χ1n) is 7.95. The molecule has 1 aromatic carbocycles. The van der Waals surface area contributed by atoms with Crippen LogP contribution in [0.5, 0.6) is 0 Å². The van der Waals surface area contributed by atoms with Crippen LogP contribution in [-0.2, 0) is 4.74 Å². The van der Waals surface area contributed by atoms with Crippen LogP contribution in [0.1, 0.15) is 0 Å². The van der Waals surface area contributed by atoms with E-state index in [1.54, 1.807) is 12.1 Å². The number of carboxylic acid groups (broad SMARTS) is 1. The predicted octanol–water partition coefficient (Wildman–Crippen LogP) is 2.54. The summed E-state index contributed by atoms with van der Waals surface area (Å²) < 4.78 is 7.43. The number of hydrogen-bond acceptors (Lipinski definition) is 6. The topological polar surface area (TPSA) is 96.1 Å². The van der Waals surface area contributed by atoms with Gasteiger partial charge in [-0.2, -0.15) is 5.10 Å². The molecule has 3 aromatic rings. The SMILES string of the molecule is O=C(O)N(c1ccc(N2CCOCC2)cc1)c1ncc(Br)n2ncnc12. The number of rotatable bonds is 3. The summed E-state index contributed by atoms with van der Waals surface area (Å²) in [6, 6.07) is 7.32. The highest BCUT2D eigenvalue weighted by Crippen LogP contribution is 2.30. The van der Waals surface area contributed by atoms with Crippen LogP contribution < -0.4 is 9.80 Å². The van der Waals surface area contributed by atoms with E-state index >= 15 is 0 Å². The smallest absolute Gasteiger partial charge is 0.417 e. The highest BCUT2D eigenvalue weighted by molar-refractivity contribution is 9.10. The van der Waals surface area contributed by atoms with Gasteiger partial charge in [0.1, 0.15) is 10.9 Å². The van der Waals surface area contributed by atoms with Crippen molar-refractivity contribution in [1.82, 2.24) is 19.6 Å². The van der Waals surface area contributed by atoms with Gasteiger partial charge in [0.25, 0.3) is 0 Å². The molecule has 0 bridgehead atoms. The molecular formula is C16H15BrN6O3. The number of halogens is 1. The molecule has 4 rings (SSSR count). The maximum atomic E-state index is 11.9. The molecule has 10 heteroatoms. The van der Waals surface area contributed by atoms with Gasteiger partial charge in [0.2, 0.25) is 0 Å². The summed E-state index contributed by atoms with van der Waals surface area (Å²) in [6.07, 6.45) is 1.70. The number of morpholine rings is 1. The predicted molar refractivity (Wildman–Crippen MR) is 98.1 cm³/mol. The number of carbonyl (C=O) groups is 1. The number of aromatic nitrogens is 4. The minimum Gasteiger partial charge on any atom is -0.464 e. The van der Waals surface area contributed by atoms with Gasteiger partial charge in [-0.15, -0.1) is 0 Å². The molecule has 1 N–H and O–H groups in total. The van der Waals surface area contributed by atoms with Crippen LogP contribution in [0.2, 0.25) is 0 Å². The lowest BCUT2D eigenvalue weighted by atomic mass is 10.2. The first-order valence-corrected chi connectivity index (χ1v) is 8.74. The number of anilines is 3. The van der Waals surface area contributed by atoms with Crippen LogP contribution in [0.3, 0.4) is 0 Å². The minimum atomic E-state index is -1.15. The van der Waals surface area contributed by atoms with E-state index in [1.807, 2.05) is 12.1 Å². The second-order valence-electron chi connectivity index (χ2n) is 5.63. The molecule has 1 aliphatic heterocycles. The van der Waals surface area contributed by atoms with Gasteiger partial charge < -0.3 is 14.7 Å². The molecule has 0 saturated carbocycles. The molecular weight excluding hydrogens is 404 g/mol. The van der Waals surface area contributed by atoms with Crippen LogP contribution in [-0.4, -0.2) is 57.1 Å². The van der Waals surface area contributed by atoms with Gasteiger partial charge >= 0.3 is 6.09 Å². The zero-order chi connectivity index (χ0) is 18.1. The average molecular weight is 419 g/mol. The van der Waals surface area contributed by atoms with Crippen molar-refractivity contribution in [2.24, 2.45) is 0 Å². The first kappa shape index (κ1) is 16.7. The number of hydrogen-bond donors (Lipinski definition) is 1. The summed E-state index contributed by atoms with van der Waals surface area (Å²) in [4.78, 5) is 23.6. The Bertz CT molecular complexity index is 939. The maximum Gasteiger partial charge on any atom is 0.417 e. The van der Waals surface area contributed by atoms with Crippen molar-refractivity contribution in [1.29, 1.82) is 0 Å². The van der Waals surface area contributed by atoms with Gasteiger partial charge in [-0.1, -0.05) is 0 Å². The highest BCUT2D eigenvalue weighted by Gasteiger charge is 2.23. The molecule has 9 nitrogen and oxygen atoms in total. The Balaban J connectivity index is 1.71. The summed E-state index contributed by atoms with van der Waals surface area (Å²) in [5.74, 6) is 0.192. The van der Waals surface area contributed by atoms with Crippen molar-refractivity contribution >= 4 is 44.9 Å². The van der Waals surface area contributed by atoms with Crippen molar-refractivity contribution in [3.8, 4) is 0 Å². The van der Waals surface area contributed by atoms with Gasteiger partial charge in [-0.05, 0) is 40.2 Å². The van der Waals surface area contributed by atoms with Crippen LogP contribution in [0.4, 0.5) is 22.0 Å². The van der Waals surface area contributed by atoms with Gasteiger partial charge in [0, 0.05) is 18.8 Å². The average Bonchev–Trinajstić information content (AvgIpc) is 3.16. The molecule has 0 radical (unpaired) electrons. The van der Waals surface area contributed by atoms with Crippen LogP contribution in [0.25, 0.3) is 5.65 Å². The monoisotopic (exact) mass is 418 g/mol.